The Kier molecular flexibility index (Phi) is 12.3. The van der Waals surface area contributed by atoms with Gasteiger partial charge in [-0.25, -0.2) is 9.98 Å². The third-order valence-corrected chi connectivity index (χ3v) is 8.41. The number of aliphatic imine (C=N–C) groups is 3. The minimum absolute atomic E-state index is 0.0335. The van der Waals surface area contributed by atoms with E-state index >= 15 is 0 Å². The molecular weight excluding hydrogens is 606 g/mol. The smallest absolute Gasteiger partial charge is 0.237 e. The van der Waals surface area contributed by atoms with Crippen LogP contribution in [0.25, 0.3) is 11.3 Å². The molecule has 4 rings (SSSR count). The lowest BCUT2D eigenvalue weighted by atomic mass is 9.98. The molecule has 0 aliphatic carbocycles. The number of rotatable bonds is 12. The number of hydrogen-bond acceptors (Lipinski definition) is 9. The highest BCUT2D eigenvalue weighted by atomic mass is 16.2. The van der Waals surface area contributed by atoms with Gasteiger partial charge in [0.2, 0.25) is 11.8 Å². The van der Waals surface area contributed by atoms with Gasteiger partial charge in [0.25, 0.3) is 0 Å². The van der Waals surface area contributed by atoms with Gasteiger partial charge in [0.05, 0.1) is 23.8 Å². The summed E-state index contributed by atoms with van der Waals surface area (Å²) in [6.45, 7) is 8.74. The van der Waals surface area contributed by atoms with E-state index in [0.29, 0.717) is 67.8 Å². The van der Waals surface area contributed by atoms with Gasteiger partial charge in [-0.1, -0.05) is 30.3 Å². The number of carbonyl (C=O) groups excluding carboxylic acids is 2. The first-order valence-electron chi connectivity index (χ1n) is 16.2. The number of carbonyl (C=O) groups is 2. The minimum atomic E-state index is -0.270. The highest BCUT2D eigenvalue weighted by molar-refractivity contribution is 6.10. The second kappa shape index (κ2) is 16.6. The van der Waals surface area contributed by atoms with Crippen molar-refractivity contribution in [1.82, 2.24) is 14.8 Å². The Hall–Kier alpha value is -5.17. The van der Waals surface area contributed by atoms with Gasteiger partial charge in [0.15, 0.2) is 0 Å². The van der Waals surface area contributed by atoms with E-state index in [1.165, 1.54) is 18.1 Å². The molecule has 0 unspecified atom stereocenters. The van der Waals surface area contributed by atoms with Crippen LogP contribution >= 0.6 is 0 Å². The first-order chi connectivity index (χ1) is 23.1. The zero-order valence-electron chi connectivity index (χ0n) is 28.3. The third-order valence-electron chi connectivity index (χ3n) is 8.41. The van der Waals surface area contributed by atoms with E-state index in [9.17, 15) is 9.59 Å². The van der Waals surface area contributed by atoms with Crippen molar-refractivity contribution in [3.63, 3.8) is 0 Å². The minimum Gasteiger partial charge on any atom is -0.397 e. The third kappa shape index (κ3) is 8.79. The van der Waals surface area contributed by atoms with Gasteiger partial charge in [0.1, 0.15) is 23.7 Å². The maximum atomic E-state index is 13.7. The normalized spacial score (nSPS) is 18.0. The van der Waals surface area contributed by atoms with E-state index < -0.39 is 0 Å². The zero-order valence-corrected chi connectivity index (χ0v) is 28.3. The van der Waals surface area contributed by atoms with E-state index in [-0.39, 0.29) is 36.0 Å². The number of amides is 2. The number of nitrogens with two attached hydrogens (primary N) is 3. The second-order valence-electron chi connectivity index (χ2n) is 12.1. The monoisotopic (exact) mass is 653 g/mol. The molecule has 3 heterocycles. The average molecular weight is 654 g/mol. The fourth-order valence-corrected chi connectivity index (χ4v) is 5.70. The van der Waals surface area contributed by atoms with E-state index in [2.05, 4.69) is 30.9 Å². The Balaban J connectivity index is 1.36. The number of allylic oxidation sites excluding steroid dienone is 1. The molecule has 254 valence electrons. The molecule has 2 aliphatic heterocycles. The molecule has 2 aliphatic rings. The Morgan fingerprint density at radius 1 is 1.15 bits per heavy atom. The van der Waals surface area contributed by atoms with E-state index in [4.69, 9.17) is 22.6 Å². The molecule has 13 heteroatoms. The number of anilines is 2. The van der Waals surface area contributed by atoms with Crippen molar-refractivity contribution in [3.8, 4) is 0 Å². The van der Waals surface area contributed by atoms with Crippen molar-refractivity contribution >= 4 is 59.2 Å². The van der Waals surface area contributed by atoms with Crippen molar-refractivity contribution in [2.45, 2.75) is 39.7 Å². The number of amidine groups is 1. The summed E-state index contributed by atoms with van der Waals surface area (Å²) >= 11 is 0. The number of nitrogen functional groups attached to an aromatic ring is 1. The summed E-state index contributed by atoms with van der Waals surface area (Å²) in [6.07, 6.45) is 7.58. The van der Waals surface area contributed by atoms with Crippen molar-refractivity contribution in [2.75, 3.05) is 56.9 Å². The molecule has 2 aromatic rings. The summed E-state index contributed by atoms with van der Waals surface area (Å²) in [5, 5.41) is 7.79. The highest BCUT2D eigenvalue weighted by Gasteiger charge is 2.34. The number of likely N-dealkylation sites (tertiary alicyclic amines) is 1. The summed E-state index contributed by atoms with van der Waals surface area (Å²) in [7, 11) is 1.64. The van der Waals surface area contributed by atoms with Crippen LogP contribution in [-0.4, -0.2) is 104 Å². The Bertz CT molecular complexity index is 1640. The van der Waals surface area contributed by atoms with Crippen LogP contribution in [0.2, 0.25) is 0 Å². The maximum absolute atomic E-state index is 13.7. The molecule has 1 aromatic heterocycles. The van der Waals surface area contributed by atoms with Crippen molar-refractivity contribution in [1.29, 1.82) is 5.41 Å². The molecule has 0 saturated carbocycles. The second-order valence-corrected chi connectivity index (χ2v) is 12.1. The summed E-state index contributed by atoms with van der Waals surface area (Å²) < 4.78 is 0. The van der Waals surface area contributed by atoms with Gasteiger partial charge in [-0.15, -0.1) is 0 Å². The number of aromatic nitrogens is 1. The summed E-state index contributed by atoms with van der Waals surface area (Å²) in [6, 6.07) is 11.3. The van der Waals surface area contributed by atoms with Gasteiger partial charge in [-0.2, -0.15) is 0 Å². The van der Waals surface area contributed by atoms with Crippen LogP contribution in [-0.2, 0) is 9.59 Å². The van der Waals surface area contributed by atoms with Crippen LogP contribution in [0, 0.1) is 11.3 Å². The molecule has 0 radical (unpaired) electrons. The number of nitrogens with zero attached hydrogens (tertiary/aromatic N) is 7. The highest BCUT2D eigenvalue weighted by Crippen LogP contribution is 2.27. The first-order valence-corrected chi connectivity index (χ1v) is 16.2. The fraction of sp³-hybridized carbons (Fsp3) is 0.400. The lowest BCUT2D eigenvalue weighted by Gasteiger charge is -2.29. The summed E-state index contributed by atoms with van der Waals surface area (Å²) in [4.78, 5) is 49.4. The molecule has 1 aromatic carbocycles. The van der Waals surface area contributed by atoms with Gasteiger partial charge >= 0.3 is 0 Å². The van der Waals surface area contributed by atoms with Gasteiger partial charge in [-0.3, -0.25) is 29.4 Å². The number of nitrogens with one attached hydrogen (secondary N) is 1. The zero-order chi connectivity index (χ0) is 34.8. The quantitative estimate of drug-likeness (QED) is 0.200. The molecule has 48 heavy (non-hydrogen) atoms. The summed E-state index contributed by atoms with van der Waals surface area (Å²) in [5.74, 6) is 0.563. The molecule has 1 atom stereocenters. The largest absolute Gasteiger partial charge is 0.397 e. The Labute approximate surface area is 282 Å². The Morgan fingerprint density at radius 2 is 1.90 bits per heavy atom. The molecule has 0 bridgehead atoms. The number of hydrogen-bond donors (Lipinski definition) is 4. The van der Waals surface area contributed by atoms with Crippen LogP contribution in [0.15, 0.2) is 63.0 Å². The SMILES string of the molecule is CCN(C(=O)[C@@H]1CCN(CC(=O)N2CC=C(c3ccc(C(N)=NC=NC)cc3)CC2)C1)c1ccc(N)c(C(N)=C(C=N)C=NC(C)C)n1. The first kappa shape index (κ1) is 35.7. The van der Waals surface area contributed by atoms with Crippen LogP contribution in [0.3, 0.4) is 0 Å². The van der Waals surface area contributed by atoms with Crippen molar-refractivity contribution in [3.05, 3.63) is 64.9 Å². The predicted molar refractivity (Wildman–Crippen MR) is 195 cm³/mol. The van der Waals surface area contributed by atoms with Gasteiger partial charge < -0.3 is 27.5 Å². The van der Waals surface area contributed by atoms with Crippen LogP contribution in [0.5, 0.6) is 0 Å². The van der Waals surface area contributed by atoms with Crippen LogP contribution < -0.4 is 22.1 Å². The number of benzene rings is 1. The molecule has 0 spiro atoms. The van der Waals surface area contributed by atoms with E-state index in [1.807, 2.05) is 49.9 Å². The lowest BCUT2D eigenvalue weighted by Crippen LogP contribution is -2.42. The molecule has 1 fully saturated rings. The van der Waals surface area contributed by atoms with Crippen LogP contribution in [0.4, 0.5) is 11.5 Å². The standard InChI is InChI=1S/C35H47N11O2/c1-5-46(30-11-10-29(37)33(43-30)32(38)28(18-36)19-41-23(2)3)35(48)27-12-15-44(20-27)21-31(47)45-16-13-25(14-17-45)24-6-8-26(9-7-24)34(39)42-22-40-4/h6-11,13,18-19,22-23,27,36H,5,12,14-17,20-21,37-38H2,1-4H3,(H2,39,40,42)/t27-/m1/s1. The maximum Gasteiger partial charge on any atom is 0.237 e. The molecule has 1 saturated heterocycles. The fourth-order valence-electron chi connectivity index (χ4n) is 5.70. The average Bonchev–Trinajstić information content (AvgIpc) is 3.56. The number of pyridine rings is 1. The van der Waals surface area contributed by atoms with Gasteiger partial charge in [0, 0.05) is 62.8 Å². The Morgan fingerprint density at radius 3 is 2.52 bits per heavy atom. The van der Waals surface area contributed by atoms with Crippen molar-refractivity contribution in [2.24, 2.45) is 32.4 Å². The summed E-state index contributed by atoms with van der Waals surface area (Å²) in [5.41, 5.74) is 23.0. The molecule has 13 nitrogen and oxygen atoms in total. The van der Waals surface area contributed by atoms with Gasteiger partial charge in [-0.05, 0) is 63.4 Å². The van der Waals surface area contributed by atoms with Crippen molar-refractivity contribution < 1.29 is 9.59 Å². The molecular formula is C35H47N11O2. The van der Waals surface area contributed by atoms with E-state index in [1.54, 1.807) is 24.1 Å². The van der Waals surface area contributed by atoms with E-state index in [0.717, 1.165) is 23.8 Å². The van der Waals surface area contributed by atoms with Crippen LogP contribution in [0.1, 0.15) is 50.4 Å². The lowest BCUT2D eigenvalue weighted by molar-refractivity contribution is -0.132. The topological polar surface area (TPSA) is 196 Å². The molecule has 2 amide bonds. The predicted octanol–water partition coefficient (Wildman–Crippen LogP) is 2.82. The molecule has 7 N–H and O–H groups in total.